The normalized spacial score (nSPS) is 13.4. The summed E-state index contributed by atoms with van der Waals surface area (Å²) in [4.78, 5) is -1.14. The molecule has 0 saturated carbocycles. The highest BCUT2D eigenvalue weighted by molar-refractivity contribution is 7.87. The smallest absolute Gasteiger partial charge is 0.282 e. The summed E-state index contributed by atoms with van der Waals surface area (Å²) in [6.45, 7) is 5.24. The minimum absolute atomic E-state index is 0.0939. The fourth-order valence-electron chi connectivity index (χ4n) is 1.22. The molecule has 0 aromatic heterocycles. The van der Waals surface area contributed by atoms with E-state index in [4.69, 9.17) is 31.9 Å². The largest absolute Gasteiger partial charge is 0.298 e. The van der Waals surface area contributed by atoms with Crippen LogP contribution in [0.15, 0.2) is 21.9 Å². The fourth-order valence-corrected chi connectivity index (χ4v) is 4.02. The van der Waals surface area contributed by atoms with Gasteiger partial charge >= 0.3 is 0 Å². The van der Waals surface area contributed by atoms with Gasteiger partial charge in [0.25, 0.3) is 20.2 Å². The lowest BCUT2D eigenvalue weighted by atomic mass is 9.99. The Bertz CT molecular complexity index is 748. The predicted octanol–water partition coefficient (Wildman–Crippen LogP) is 2.99. The first kappa shape index (κ1) is 18.7. The second-order valence-corrected chi connectivity index (χ2v) is 9.25. The van der Waals surface area contributed by atoms with Gasteiger partial charge in [-0.05, 0) is 17.5 Å². The Balaban J connectivity index is 3.30. The van der Waals surface area contributed by atoms with Gasteiger partial charge in [0.1, 0.15) is 9.79 Å². The van der Waals surface area contributed by atoms with Crippen molar-refractivity contribution in [3.63, 3.8) is 0 Å². The number of rotatable bonds is 4. The van der Waals surface area contributed by atoms with E-state index in [9.17, 15) is 16.8 Å². The van der Waals surface area contributed by atoms with E-state index in [0.717, 1.165) is 12.1 Å². The first-order valence-electron chi connectivity index (χ1n) is 5.60. The van der Waals surface area contributed by atoms with Crippen LogP contribution < -0.4 is 0 Å². The summed E-state index contributed by atoms with van der Waals surface area (Å²) >= 11 is 11.4. The molecule has 0 saturated heterocycles. The van der Waals surface area contributed by atoms with Gasteiger partial charge in [0, 0.05) is 0 Å². The van der Waals surface area contributed by atoms with Crippen LogP contribution in [0.4, 0.5) is 0 Å². The molecule has 0 atom stereocenters. The minimum Gasteiger partial charge on any atom is -0.282 e. The molecule has 0 aliphatic carbocycles. The van der Waals surface area contributed by atoms with E-state index < -0.39 is 45.5 Å². The van der Waals surface area contributed by atoms with Crippen molar-refractivity contribution in [2.75, 3.05) is 6.61 Å². The molecule has 1 N–H and O–H groups in total. The molecule has 0 aliphatic heterocycles. The zero-order valence-corrected chi connectivity index (χ0v) is 14.6. The molecule has 0 fully saturated rings. The zero-order valence-electron chi connectivity index (χ0n) is 11.4. The summed E-state index contributed by atoms with van der Waals surface area (Å²) in [5, 5.41) is -0.888. The number of hydrogen-bond acceptors (Lipinski definition) is 5. The molecule has 120 valence electrons. The molecule has 0 radical (unpaired) electrons. The fraction of sp³-hybridized carbons (Fsp3) is 0.455. The quantitative estimate of drug-likeness (QED) is 0.640. The maximum absolute atomic E-state index is 12.0. The van der Waals surface area contributed by atoms with Crippen LogP contribution in [0.5, 0.6) is 0 Å². The molecule has 0 heterocycles. The topological polar surface area (TPSA) is 97.7 Å². The van der Waals surface area contributed by atoms with E-state index in [2.05, 4.69) is 0 Å². The Hall–Kier alpha value is -0.380. The van der Waals surface area contributed by atoms with Crippen LogP contribution in [0.1, 0.15) is 20.8 Å². The molecule has 10 heteroatoms. The second-order valence-electron chi connectivity index (χ2n) is 5.47. The monoisotopic (exact) mass is 376 g/mol. The van der Waals surface area contributed by atoms with Crippen molar-refractivity contribution in [1.29, 1.82) is 0 Å². The van der Waals surface area contributed by atoms with Gasteiger partial charge in [-0.3, -0.25) is 8.74 Å². The van der Waals surface area contributed by atoms with E-state index in [0.29, 0.717) is 0 Å². The minimum atomic E-state index is -4.61. The van der Waals surface area contributed by atoms with Crippen molar-refractivity contribution in [2.24, 2.45) is 5.41 Å². The lowest BCUT2D eigenvalue weighted by Gasteiger charge is -2.18. The van der Waals surface area contributed by atoms with Crippen molar-refractivity contribution in [3.8, 4) is 0 Å². The standard InChI is InChI=1S/C11H14Cl2O6S2/c1-11(2,3)6-19-21(17,18)10-5-7(12)9(4-8(10)13)20(14,15)16/h4-5H,6H2,1-3H3,(H,14,15,16). The second kappa shape index (κ2) is 6.02. The van der Waals surface area contributed by atoms with Crippen LogP contribution in [0.25, 0.3) is 0 Å². The van der Waals surface area contributed by atoms with Crippen molar-refractivity contribution in [3.05, 3.63) is 22.2 Å². The van der Waals surface area contributed by atoms with Crippen LogP contribution in [-0.2, 0) is 24.4 Å². The molecule has 6 nitrogen and oxygen atoms in total. The summed E-state index contributed by atoms with van der Waals surface area (Å²) < 4.78 is 60.0. The lowest BCUT2D eigenvalue weighted by molar-refractivity contribution is 0.203. The maximum Gasteiger partial charge on any atom is 0.298 e. The van der Waals surface area contributed by atoms with Gasteiger partial charge in [0.2, 0.25) is 0 Å². The Kier molecular flexibility index (Phi) is 5.35. The lowest BCUT2D eigenvalue weighted by Crippen LogP contribution is -2.19. The van der Waals surface area contributed by atoms with Crippen LogP contribution in [0.2, 0.25) is 10.0 Å². The Morgan fingerprint density at radius 1 is 1.05 bits per heavy atom. The van der Waals surface area contributed by atoms with E-state index in [1.165, 1.54) is 0 Å². The molecular formula is C11H14Cl2O6S2. The maximum atomic E-state index is 12.0. The zero-order chi connectivity index (χ0) is 16.6. The van der Waals surface area contributed by atoms with Crippen molar-refractivity contribution >= 4 is 43.4 Å². The summed E-state index contributed by atoms with van der Waals surface area (Å²) in [6, 6.07) is 1.58. The Morgan fingerprint density at radius 3 is 1.90 bits per heavy atom. The van der Waals surface area contributed by atoms with Crippen LogP contribution >= 0.6 is 23.2 Å². The number of hydrogen-bond donors (Lipinski definition) is 1. The van der Waals surface area contributed by atoms with Crippen molar-refractivity contribution in [1.82, 2.24) is 0 Å². The average Bonchev–Trinajstić information content (AvgIpc) is 2.27. The molecule has 0 bridgehead atoms. The first-order chi connectivity index (χ1) is 9.24. The molecule has 1 aromatic rings. The summed E-state index contributed by atoms with van der Waals surface area (Å²) in [6.07, 6.45) is 0. The van der Waals surface area contributed by atoms with E-state index in [1.54, 1.807) is 20.8 Å². The molecular weight excluding hydrogens is 363 g/mol. The van der Waals surface area contributed by atoms with Gasteiger partial charge in [0.15, 0.2) is 0 Å². The third kappa shape index (κ3) is 5.08. The molecule has 1 aromatic carbocycles. The third-order valence-corrected chi connectivity index (χ3v) is 5.23. The number of halogens is 2. The molecule has 21 heavy (non-hydrogen) atoms. The predicted molar refractivity (Wildman–Crippen MR) is 78.9 cm³/mol. The molecule has 0 spiro atoms. The van der Waals surface area contributed by atoms with Crippen LogP contribution in [-0.4, -0.2) is 28.0 Å². The van der Waals surface area contributed by atoms with E-state index in [1.807, 2.05) is 0 Å². The molecule has 1 rings (SSSR count). The van der Waals surface area contributed by atoms with Gasteiger partial charge in [-0.15, -0.1) is 0 Å². The first-order valence-corrected chi connectivity index (χ1v) is 9.20. The highest BCUT2D eigenvalue weighted by Gasteiger charge is 2.26. The summed E-state index contributed by atoms with van der Waals surface area (Å²) in [7, 11) is -8.81. The van der Waals surface area contributed by atoms with Crippen molar-refractivity contribution < 1.29 is 25.6 Å². The van der Waals surface area contributed by atoms with Gasteiger partial charge < -0.3 is 0 Å². The van der Waals surface area contributed by atoms with Crippen molar-refractivity contribution in [2.45, 2.75) is 30.6 Å². The third-order valence-electron chi connectivity index (χ3n) is 2.18. The highest BCUT2D eigenvalue weighted by Crippen LogP contribution is 2.32. The van der Waals surface area contributed by atoms with Gasteiger partial charge in [-0.25, -0.2) is 0 Å². The SMILES string of the molecule is CC(C)(C)COS(=O)(=O)c1cc(Cl)c(S(=O)(=O)O)cc1Cl. The van der Waals surface area contributed by atoms with Crippen LogP contribution in [0.3, 0.4) is 0 Å². The van der Waals surface area contributed by atoms with E-state index >= 15 is 0 Å². The van der Waals surface area contributed by atoms with Gasteiger partial charge in [0.05, 0.1) is 16.7 Å². The molecule has 0 aliphatic rings. The van der Waals surface area contributed by atoms with Crippen LogP contribution in [0, 0.1) is 5.41 Å². The Labute approximate surface area is 133 Å². The Morgan fingerprint density at radius 2 is 1.48 bits per heavy atom. The highest BCUT2D eigenvalue weighted by atomic mass is 35.5. The van der Waals surface area contributed by atoms with Gasteiger partial charge in [-0.1, -0.05) is 44.0 Å². The average molecular weight is 377 g/mol. The molecule has 0 unspecified atom stereocenters. The molecule has 0 amide bonds. The summed E-state index contributed by atoms with van der Waals surface area (Å²) in [5.74, 6) is 0. The van der Waals surface area contributed by atoms with E-state index in [-0.39, 0.29) is 6.61 Å². The number of benzene rings is 1. The van der Waals surface area contributed by atoms with Gasteiger partial charge in [-0.2, -0.15) is 16.8 Å². The summed E-state index contributed by atoms with van der Waals surface area (Å²) in [5.41, 5.74) is -0.405.